The molecule has 0 unspecified atom stereocenters. The number of hydrogen-bond donors (Lipinski definition) is 5. The van der Waals surface area contributed by atoms with Gasteiger partial charge in [0.1, 0.15) is 35.3 Å². The number of amides is 1. The molecule has 1 fully saturated rings. The lowest BCUT2D eigenvalue weighted by Crippen LogP contribution is -2.65. The van der Waals surface area contributed by atoms with Crippen LogP contribution in [0.5, 0.6) is 5.75 Å². The van der Waals surface area contributed by atoms with Crippen LogP contribution >= 0.6 is 24.8 Å². The van der Waals surface area contributed by atoms with Gasteiger partial charge in [-0.05, 0) is 45.5 Å². The number of likely N-dealkylation sites (N-methyl/N-ethyl adjacent to an activating group) is 1. The Labute approximate surface area is 241 Å². The number of ketones is 2. The van der Waals surface area contributed by atoms with E-state index in [0.717, 1.165) is 6.07 Å². The molecule has 6 N–H and O–H groups in total. The molecule has 1 aromatic rings. The molecule has 0 aliphatic heterocycles. The molecule has 3 aliphatic carbocycles. The van der Waals surface area contributed by atoms with E-state index in [2.05, 4.69) is 0 Å². The van der Waals surface area contributed by atoms with E-state index < -0.39 is 76.3 Å². The smallest absolute Gasteiger partial charge is 0.255 e. The van der Waals surface area contributed by atoms with Gasteiger partial charge < -0.3 is 26.2 Å². The van der Waals surface area contributed by atoms with Gasteiger partial charge in [-0.15, -0.1) is 24.8 Å². The molecular weight excluding hydrogens is 575 g/mol. The van der Waals surface area contributed by atoms with E-state index in [9.17, 15) is 39.2 Å². The molecule has 10 nitrogen and oxygen atoms in total. The normalized spacial score (nSPS) is 25.8. The summed E-state index contributed by atoms with van der Waals surface area (Å²) in [4.78, 5) is 41.9. The molecule has 40 heavy (non-hydrogen) atoms. The second-order valence-electron chi connectivity index (χ2n) is 10.2. The Morgan fingerprint density at radius 2 is 1.82 bits per heavy atom. The highest BCUT2D eigenvalue weighted by Crippen LogP contribution is 2.53. The number of aliphatic hydroxyl groups is 3. The summed E-state index contributed by atoms with van der Waals surface area (Å²) >= 11 is 0. The van der Waals surface area contributed by atoms with Crippen LogP contribution in [-0.2, 0) is 27.3 Å². The van der Waals surface area contributed by atoms with Gasteiger partial charge in [0.05, 0.1) is 11.6 Å². The number of benzene rings is 1. The number of hydrogen-bond acceptors (Lipinski definition) is 9. The van der Waals surface area contributed by atoms with Gasteiger partial charge in [0, 0.05) is 35.7 Å². The zero-order valence-corrected chi connectivity index (χ0v) is 23.7. The van der Waals surface area contributed by atoms with E-state index in [1.165, 1.54) is 19.0 Å². The first kappa shape index (κ1) is 33.4. The van der Waals surface area contributed by atoms with Crippen molar-refractivity contribution in [1.29, 1.82) is 0 Å². The molecule has 0 aromatic heterocycles. The van der Waals surface area contributed by atoms with Crippen molar-refractivity contribution in [3.63, 3.8) is 0 Å². The number of aliphatic hydroxyl groups excluding tert-OH is 2. The highest BCUT2D eigenvalue weighted by atomic mass is 35.5. The van der Waals surface area contributed by atoms with Gasteiger partial charge in [-0.1, -0.05) is 6.92 Å². The maximum absolute atomic E-state index is 15.7. The second-order valence-corrected chi connectivity index (χ2v) is 10.2. The fourth-order valence-electron chi connectivity index (χ4n) is 6.17. The standard InChI is InChI=1S/C26H31F2N3O7.2ClH/c1-4-31(6-5-27)10-12-9-15(32)17-13(19(12)28)7-11-8-14-20(30(2)3)22(34)18(25(29)37)24(36)26(14,38)23(35)16(11)21(17)33;;/h9,11,14,20,32-33,36,38H,4-8,10H2,1-3H3,(H2,29,37);2*1H/t11-,14-,20-,26-;;/m0../s1. The molecule has 1 amide bonds. The van der Waals surface area contributed by atoms with Gasteiger partial charge in [-0.3, -0.25) is 24.2 Å². The number of phenols is 1. The van der Waals surface area contributed by atoms with E-state index >= 15 is 4.39 Å². The predicted octanol–water partition coefficient (Wildman–Crippen LogP) is 1.74. The summed E-state index contributed by atoms with van der Waals surface area (Å²) in [5, 5.41) is 44.2. The molecule has 1 aromatic carbocycles. The SMILES string of the molecule is CCN(CCF)Cc1cc(O)c2c(c1F)C[C@H]1C[C@H]3[C@H](N(C)C)C(=O)C(C(N)=O)=C(O)[C@@]3(O)C(=O)C1=C2O.Cl.Cl. The monoisotopic (exact) mass is 607 g/mol. The van der Waals surface area contributed by atoms with E-state index in [1.807, 2.05) is 0 Å². The van der Waals surface area contributed by atoms with Crippen molar-refractivity contribution in [2.24, 2.45) is 17.6 Å². The van der Waals surface area contributed by atoms with Crippen molar-refractivity contribution in [2.75, 3.05) is 33.9 Å². The first-order valence-corrected chi connectivity index (χ1v) is 12.3. The molecule has 0 spiro atoms. The lowest BCUT2D eigenvalue weighted by Gasteiger charge is -2.50. The first-order chi connectivity index (χ1) is 17.8. The average Bonchev–Trinajstić information content (AvgIpc) is 2.83. The number of alkyl halides is 1. The van der Waals surface area contributed by atoms with Crippen LogP contribution < -0.4 is 5.73 Å². The number of phenolic OH excluding ortho intramolecular Hbond substituents is 1. The Kier molecular flexibility index (Phi) is 10.0. The van der Waals surface area contributed by atoms with Gasteiger partial charge in [-0.25, -0.2) is 8.78 Å². The minimum absolute atomic E-state index is 0. The average molecular weight is 608 g/mol. The fourth-order valence-corrected chi connectivity index (χ4v) is 6.17. The maximum Gasteiger partial charge on any atom is 0.255 e. The van der Waals surface area contributed by atoms with E-state index in [-0.39, 0.29) is 73.0 Å². The Morgan fingerprint density at radius 3 is 2.35 bits per heavy atom. The van der Waals surface area contributed by atoms with E-state index in [0.29, 0.717) is 6.54 Å². The molecule has 14 heteroatoms. The van der Waals surface area contributed by atoms with Crippen LogP contribution in [0.15, 0.2) is 23.0 Å². The van der Waals surface area contributed by atoms with Crippen molar-refractivity contribution in [1.82, 2.24) is 9.80 Å². The van der Waals surface area contributed by atoms with Gasteiger partial charge in [0.25, 0.3) is 5.91 Å². The van der Waals surface area contributed by atoms with Crippen LogP contribution in [0, 0.1) is 17.7 Å². The quantitative estimate of drug-likeness (QED) is 0.290. The number of primary amides is 1. The minimum atomic E-state index is -2.76. The van der Waals surface area contributed by atoms with Crippen molar-refractivity contribution in [3.05, 3.63) is 45.5 Å². The number of carbonyl (C=O) groups is 3. The number of Topliss-reactive ketones (excluding diaryl/α,β-unsaturated/α-hetero) is 2. The number of carbonyl (C=O) groups excluding carboxylic acids is 3. The van der Waals surface area contributed by atoms with Crippen LogP contribution in [-0.4, -0.2) is 93.2 Å². The first-order valence-electron chi connectivity index (χ1n) is 12.3. The summed E-state index contributed by atoms with van der Waals surface area (Å²) in [6, 6.07) is -0.128. The van der Waals surface area contributed by atoms with Crippen molar-refractivity contribution >= 4 is 48.0 Å². The van der Waals surface area contributed by atoms with Crippen LogP contribution in [0.25, 0.3) is 5.76 Å². The van der Waals surface area contributed by atoms with Gasteiger partial charge in [0.15, 0.2) is 11.4 Å². The molecule has 3 aliphatic rings. The van der Waals surface area contributed by atoms with E-state index in [1.54, 1.807) is 11.8 Å². The third kappa shape index (κ3) is 4.85. The zero-order chi connectivity index (χ0) is 28.3. The van der Waals surface area contributed by atoms with Crippen LogP contribution in [0.4, 0.5) is 8.78 Å². The maximum atomic E-state index is 15.7. The molecule has 0 saturated heterocycles. The van der Waals surface area contributed by atoms with Crippen LogP contribution in [0.3, 0.4) is 0 Å². The van der Waals surface area contributed by atoms with Gasteiger partial charge in [-0.2, -0.15) is 0 Å². The summed E-state index contributed by atoms with van der Waals surface area (Å²) < 4.78 is 28.6. The van der Waals surface area contributed by atoms with Crippen LogP contribution in [0.1, 0.15) is 30.0 Å². The fraction of sp³-hybridized carbons (Fsp3) is 0.500. The molecule has 0 bridgehead atoms. The number of halogens is 4. The van der Waals surface area contributed by atoms with E-state index in [4.69, 9.17) is 5.73 Å². The summed E-state index contributed by atoms with van der Waals surface area (Å²) in [6.45, 7) is 1.63. The molecule has 0 radical (unpaired) electrons. The largest absolute Gasteiger partial charge is 0.508 e. The molecule has 222 valence electrons. The summed E-state index contributed by atoms with van der Waals surface area (Å²) in [5.74, 6) is -8.67. The number of rotatable bonds is 7. The lowest BCUT2D eigenvalue weighted by atomic mass is 9.57. The molecule has 1 saturated carbocycles. The zero-order valence-electron chi connectivity index (χ0n) is 22.1. The number of aromatic hydroxyl groups is 1. The Morgan fingerprint density at radius 1 is 1.20 bits per heavy atom. The minimum Gasteiger partial charge on any atom is -0.508 e. The van der Waals surface area contributed by atoms with Gasteiger partial charge >= 0.3 is 0 Å². The Bertz CT molecular complexity index is 1300. The van der Waals surface area contributed by atoms with Gasteiger partial charge in [0.2, 0.25) is 5.78 Å². The third-order valence-electron chi connectivity index (χ3n) is 7.97. The molecule has 0 heterocycles. The Balaban J connectivity index is 0.00000280. The van der Waals surface area contributed by atoms with Crippen molar-refractivity contribution in [3.8, 4) is 5.75 Å². The lowest BCUT2D eigenvalue weighted by molar-refractivity contribution is -0.153. The number of fused-ring (bicyclic) bond motifs is 3. The summed E-state index contributed by atoms with van der Waals surface area (Å²) in [7, 11) is 2.99. The van der Waals surface area contributed by atoms with Crippen LogP contribution in [0.2, 0.25) is 0 Å². The summed E-state index contributed by atoms with van der Waals surface area (Å²) in [6.07, 6.45) is -0.296. The topological polar surface area (TPSA) is 165 Å². The molecular formula is C26H33Cl2F2N3O7. The second kappa shape index (κ2) is 12.0. The highest BCUT2D eigenvalue weighted by molar-refractivity contribution is 6.24. The van der Waals surface area contributed by atoms with Crippen molar-refractivity contribution in [2.45, 2.75) is 38.0 Å². The third-order valence-corrected chi connectivity index (χ3v) is 7.97. The predicted molar refractivity (Wildman–Crippen MR) is 146 cm³/mol. The summed E-state index contributed by atoms with van der Waals surface area (Å²) in [5.41, 5.74) is 0.982. The van der Waals surface area contributed by atoms with Crippen molar-refractivity contribution < 1.29 is 43.6 Å². The number of nitrogens with zero attached hydrogens (tertiary/aromatic N) is 2. The highest BCUT2D eigenvalue weighted by Gasteiger charge is 2.64. The molecule has 4 atom stereocenters. The Hall–Kier alpha value is -2.77. The molecule has 4 rings (SSSR count). The number of nitrogens with two attached hydrogens (primary N) is 1.